The predicted molar refractivity (Wildman–Crippen MR) is 74.5 cm³/mol. The Kier molecular flexibility index (Phi) is 3.34. The van der Waals surface area contributed by atoms with E-state index in [9.17, 15) is 4.79 Å². The van der Waals surface area contributed by atoms with Gasteiger partial charge in [0.1, 0.15) is 5.51 Å². The third kappa shape index (κ3) is 2.68. The minimum absolute atomic E-state index is 0.0996. The van der Waals surface area contributed by atoms with Gasteiger partial charge in [-0.1, -0.05) is 11.3 Å². The predicted octanol–water partition coefficient (Wildman–Crippen LogP) is 0.333. The molecule has 0 radical (unpaired) electrons. The summed E-state index contributed by atoms with van der Waals surface area (Å²) in [7, 11) is 0. The Morgan fingerprint density at radius 1 is 1.42 bits per heavy atom. The van der Waals surface area contributed by atoms with E-state index in [1.807, 2.05) is 0 Å². The number of fused-ring (bicyclic) bond motifs is 1. The summed E-state index contributed by atoms with van der Waals surface area (Å²) in [6.07, 6.45) is 0. The van der Waals surface area contributed by atoms with E-state index in [2.05, 4.69) is 34.1 Å². The number of piperazine rings is 1. The van der Waals surface area contributed by atoms with Crippen molar-refractivity contribution in [1.29, 1.82) is 0 Å². The third-order valence-corrected chi connectivity index (χ3v) is 3.93. The van der Waals surface area contributed by atoms with Crippen LogP contribution in [0.1, 0.15) is 19.5 Å². The fourth-order valence-corrected chi connectivity index (χ4v) is 3.32. The van der Waals surface area contributed by atoms with Gasteiger partial charge in [0.05, 0.1) is 5.69 Å². The zero-order valence-electron chi connectivity index (χ0n) is 11.0. The van der Waals surface area contributed by atoms with E-state index >= 15 is 0 Å². The molecule has 3 heterocycles. The molecule has 3 rings (SSSR count). The van der Waals surface area contributed by atoms with E-state index in [1.165, 1.54) is 15.9 Å². The first-order valence-electron chi connectivity index (χ1n) is 6.42. The van der Waals surface area contributed by atoms with Gasteiger partial charge in [-0.3, -0.25) is 9.69 Å². The fourth-order valence-electron chi connectivity index (χ4n) is 2.68. The second kappa shape index (κ2) is 4.99. The second-order valence-electron chi connectivity index (χ2n) is 5.18. The highest BCUT2D eigenvalue weighted by Crippen LogP contribution is 2.10. The monoisotopic (exact) mass is 279 g/mol. The maximum Gasteiger partial charge on any atom is 0.275 e. The van der Waals surface area contributed by atoms with E-state index in [0.29, 0.717) is 17.0 Å². The van der Waals surface area contributed by atoms with E-state index in [4.69, 9.17) is 0 Å². The van der Waals surface area contributed by atoms with Crippen molar-refractivity contribution < 1.29 is 0 Å². The van der Waals surface area contributed by atoms with Gasteiger partial charge < -0.3 is 5.32 Å². The Balaban J connectivity index is 1.83. The topological polar surface area (TPSA) is 62.5 Å². The smallest absolute Gasteiger partial charge is 0.275 e. The molecule has 6 nitrogen and oxygen atoms in total. The van der Waals surface area contributed by atoms with Gasteiger partial charge >= 0.3 is 0 Å². The number of nitrogens with one attached hydrogen (secondary N) is 1. The first-order chi connectivity index (χ1) is 9.11. The Morgan fingerprint density at radius 2 is 2.16 bits per heavy atom. The molecule has 0 amide bonds. The fraction of sp³-hybridized carbons (Fsp3) is 0.583. The lowest BCUT2D eigenvalue weighted by molar-refractivity contribution is 0.165. The maximum absolute atomic E-state index is 11.9. The minimum Gasteiger partial charge on any atom is -0.309 e. The van der Waals surface area contributed by atoms with Gasteiger partial charge in [-0.05, 0) is 13.8 Å². The van der Waals surface area contributed by atoms with Crippen LogP contribution in [0.25, 0.3) is 4.96 Å². The molecule has 0 saturated carbocycles. The lowest BCUT2D eigenvalue weighted by Crippen LogP contribution is -2.53. The van der Waals surface area contributed by atoms with E-state index in [1.54, 1.807) is 11.6 Å². The molecule has 102 valence electrons. The van der Waals surface area contributed by atoms with Crippen LogP contribution in [-0.4, -0.2) is 44.7 Å². The van der Waals surface area contributed by atoms with Gasteiger partial charge in [-0.2, -0.15) is 9.61 Å². The zero-order valence-corrected chi connectivity index (χ0v) is 11.9. The van der Waals surface area contributed by atoms with Crippen molar-refractivity contribution in [2.75, 3.05) is 13.1 Å². The SMILES string of the molecule is CC1CN(Cc2cc(=O)n3ncsc3n2)CC(C)N1. The number of nitrogens with zero attached hydrogens (tertiary/aromatic N) is 4. The Morgan fingerprint density at radius 3 is 2.89 bits per heavy atom. The summed E-state index contributed by atoms with van der Waals surface area (Å²) in [5.74, 6) is 0. The molecular formula is C12H17N5OS. The van der Waals surface area contributed by atoms with Crippen molar-refractivity contribution in [2.45, 2.75) is 32.5 Å². The van der Waals surface area contributed by atoms with Crippen LogP contribution in [0.15, 0.2) is 16.4 Å². The average molecular weight is 279 g/mol. The van der Waals surface area contributed by atoms with Crippen molar-refractivity contribution >= 4 is 16.3 Å². The molecule has 0 spiro atoms. The number of hydrogen-bond donors (Lipinski definition) is 1. The van der Waals surface area contributed by atoms with Crippen molar-refractivity contribution in [2.24, 2.45) is 0 Å². The van der Waals surface area contributed by atoms with Crippen LogP contribution >= 0.6 is 11.3 Å². The van der Waals surface area contributed by atoms with Crippen LogP contribution < -0.4 is 10.9 Å². The highest BCUT2D eigenvalue weighted by Gasteiger charge is 2.21. The van der Waals surface area contributed by atoms with Crippen molar-refractivity contribution in [3.63, 3.8) is 0 Å². The van der Waals surface area contributed by atoms with Crippen LogP contribution in [0.5, 0.6) is 0 Å². The van der Waals surface area contributed by atoms with E-state index < -0.39 is 0 Å². The van der Waals surface area contributed by atoms with Crippen LogP contribution in [0.2, 0.25) is 0 Å². The molecule has 7 heteroatoms. The molecule has 2 unspecified atom stereocenters. The second-order valence-corrected chi connectivity index (χ2v) is 5.99. The summed E-state index contributed by atoms with van der Waals surface area (Å²) in [6, 6.07) is 2.53. The molecule has 2 aromatic rings. The van der Waals surface area contributed by atoms with Crippen LogP contribution in [0, 0.1) is 0 Å². The van der Waals surface area contributed by atoms with Gasteiger partial charge in [0, 0.05) is 37.8 Å². The highest BCUT2D eigenvalue weighted by atomic mass is 32.1. The molecule has 0 bridgehead atoms. The van der Waals surface area contributed by atoms with Crippen LogP contribution in [0.4, 0.5) is 0 Å². The molecule has 1 saturated heterocycles. The molecule has 1 N–H and O–H groups in total. The van der Waals surface area contributed by atoms with E-state index in [-0.39, 0.29) is 5.56 Å². The largest absolute Gasteiger partial charge is 0.309 e. The van der Waals surface area contributed by atoms with Crippen molar-refractivity contribution in [1.82, 2.24) is 24.8 Å². The Bertz CT molecular complexity index is 626. The summed E-state index contributed by atoms with van der Waals surface area (Å²) in [4.78, 5) is 19.4. The highest BCUT2D eigenvalue weighted by molar-refractivity contribution is 7.14. The standard InChI is InChI=1S/C12H17N5OS/c1-8-4-16(5-9(2)14-8)6-10-3-11(18)17-12(15-10)19-7-13-17/h3,7-9,14H,4-6H2,1-2H3. The Labute approximate surface area is 115 Å². The van der Waals surface area contributed by atoms with Gasteiger partial charge in [0.15, 0.2) is 0 Å². The maximum atomic E-state index is 11.9. The molecule has 19 heavy (non-hydrogen) atoms. The molecule has 0 aliphatic carbocycles. The van der Waals surface area contributed by atoms with Gasteiger partial charge in [-0.25, -0.2) is 4.98 Å². The number of hydrogen-bond acceptors (Lipinski definition) is 6. The van der Waals surface area contributed by atoms with E-state index in [0.717, 1.165) is 25.3 Å². The average Bonchev–Trinajstić information content (AvgIpc) is 2.75. The molecular weight excluding hydrogens is 262 g/mol. The van der Waals surface area contributed by atoms with Crippen molar-refractivity contribution in [3.8, 4) is 0 Å². The number of rotatable bonds is 2. The van der Waals surface area contributed by atoms with Gasteiger partial charge in [-0.15, -0.1) is 0 Å². The van der Waals surface area contributed by atoms with Gasteiger partial charge in [0.2, 0.25) is 4.96 Å². The summed E-state index contributed by atoms with van der Waals surface area (Å²) in [5, 5.41) is 7.46. The van der Waals surface area contributed by atoms with Gasteiger partial charge in [0.25, 0.3) is 5.56 Å². The normalized spacial score (nSPS) is 24.9. The molecule has 1 aliphatic rings. The molecule has 1 fully saturated rings. The molecule has 2 atom stereocenters. The first kappa shape index (κ1) is 12.7. The molecule has 1 aliphatic heterocycles. The van der Waals surface area contributed by atoms with Crippen molar-refractivity contribution in [3.05, 3.63) is 27.6 Å². The third-order valence-electron chi connectivity index (χ3n) is 3.26. The zero-order chi connectivity index (χ0) is 13.4. The first-order valence-corrected chi connectivity index (χ1v) is 7.30. The lowest BCUT2D eigenvalue weighted by atomic mass is 10.1. The summed E-state index contributed by atoms with van der Waals surface area (Å²) < 4.78 is 1.34. The lowest BCUT2D eigenvalue weighted by Gasteiger charge is -2.35. The van der Waals surface area contributed by atoms with Crippen LogP contribution in [0.3, 0.4) is 0 Å². The summed E-state index contributed by atoms with van der Waals surface area (Å²) in [5.41, 5.74) is 2.37. The summed E-state index contributed by atoms with van der Waals surface area (Å²) >= 11 is 1.39. The molecule has 2 aromatic heterocycles. The minimum atomic E-state index is -0.0996. The number of aromatic nitrogens is 3. The Hall–Kier alpha value is -1.31. The molecule has 0 aromatic carbocycles. The quantitative estimate of drug-likeness (QED) is 0.858. The van der Waals surface area contributed by atoms with Crippen LogP contribution in [-0.2, 0) is 6.54 Å². The summed E-state index contributed by atoms with van der Waals surface area (Å²) in [6.45, 7) is 7.04.